The maximum atomic E-state index is 12.3. The Morgan fingerprint density at radius 3 is 2.19 bits per heavy atom. The maximum absolute atomic E-state index is 12.3. The molecule has 0 unspecified atom stereocenters. The van der Waals surface area contributed by atoms with Crippen molar-refractivity contribution < 1.29 is 19.0 Å². The molecule has 0 radical (unpaired) electrons. The third-order valence-corrected chi connectivity index (χ3v) is 4.46. The Kier molecular flexibility index (Phi) is 8.76. The lowest BCUT2D eigenvalue weighted by molar-refractivity contribution is -0.114. The lowest BCUT2D eigenvalue weighted by Gasteiger charge is -2.11. The summed E-state index contributed by atoms with van der Waals surface area (Å²) >= 11 is 0. The van der Waals surface area contributed by atoms with Gasteiger partial charge in [0.05, 0.1) is 19.8 Å². The Morgan fingerprint density at radius 1 is 0.774 bits per heavy atom. The van der Waals surface area contributed by atoms with Gasteiger partial charge in [0.25, 0.3) is 0 Å². The minimum absolute atomic E-state index is 0.141. The Labute approximate surface area is 183 Å². The van der Waals surface area contributed by atoms with Crippen LogP contribution in [0.5, 0.6) is 11.5 Å². The van der Waals surface area contributed by atoms with Crippen molar-refractivity contribution in [3.05, 3.63) is 84.4 Å². The van der Waals surface area contributed by atoms with Crippen LogP contribution in [0.2, 0.25) is 0 Å². The van der Waals surface area contributed by atoms with E-state index in [4.69, 9.17) is 14.2 Å². The van der Waals surface area contributed by atoms with Gasteiger partial charge in [0.1, 0.15) is 18.1 Å². The number of carbonyl (C=O) groups is 1. The SMILES string of the molecule is COCCOc1cccc(NC(=O)CNc2cccc(OCCc3ccccc3)c2)c1. The maximum Gasteiger partial charge on any atom is 0.243 e. The van der Waals surface area contributed by atoms with Gasteiger partial charge >= 0.3 is 0 Å². The Balaban J connectivity index is 1.43. The lowest BCUT2D eigenvalue weighted by atomic mass is 10.2. The van der Waals surface area contributed by atoms with E-state index in [0.717, 1.165) is 17.9 Å². The van der Waals surface area contributed by atoms with Crippen LogP contribution in [0, 0.1) is 0 Å². The molecule has 6 heteroatoms. The molecule has 1 amide bonds. The van der Waals surface area contributed by atoms with Gasteiger partial charge in [0, 0.05) is 37.0 Å². The summed E-state index contributed by atoms with van der Waals surface area (Å²) in [5, 5.41) is 6.00. The summed E-state index contributed by atoms with van der Waals surface area (Å²) in [5.74, 6) is 1.30. The molecule has 0 atom stereocenters. The molecule has 0 aliphatic heterocycles. The molecule has 0 aromatic heterocycles. The monoisotopic (exact) mass is 420 g/mol. The zero-order valence-electron chi connectivity index (χ0n) is 17.7. The van der Waals surface area contributed by atoms with Gasteiger partial charge in [-0.2, -0.15) is 0 Å². The number of benzene rings is 3. The highest BCUT2D eigenvalue weighted by Crippen LogP contribution is 2.19. The summed E-state index contributed by atoms with van der Waals surface area (Å²) < 4.78 is 16.4. The highest BCUT2D eigenvalue weighted by atomic mass is 16.5. The predicted octanol–water partition coefficient (Wildman–Crippen LogP) is 4.38. The molecule has 0 aliphatic rings. The second-order valence-electron chi connectivity index (χ2n) is 6.88. The van der Waals surface area contributed by atoms with E-state index in [1.807, 2.05) is 60.7 Å². The van der Waals surface area contributed by atoms with E-state index in [0.29, 0.717) is 31.3 Å². The van der Waals surface area contributed by atoms with E-state index in [1.165, 1.54) is 5.56 Å². The zero-order valence-corrected chi connectivity index (χ0v) is 17.7. The molecular formula is C25H28N2O4. The van der Waals surface area contributed by atoms with Crippen molar-refractivity contribution in [3.63, 3.8) is 0 Å². The highest BCUT2D eigenvalue weighted by molar-refractivity contribution is 5.93. The van der Waals surface area contributed by atoms with Gasteiger partial charge in [-0.25, -0.2) is 0 Å². The number of anilines is 2. The molecule has 0 saturated carbocycles. The standard InChI is InChI=1S/C25H28N2O4/c1-29-15-16-31-24-12-6-10-22(18-24)27-25(28)19-26-21-9-5-11-23(17-21)30-14-13-20-7-3-2-4-8-20/h2-12,17-18,26H,13-16,19H2,1H3,(H,27,28). The Bertz CT molecular complexity index is 947. The van der Waals surface area contributed by atoms with Crippen molar-refractivity contribution in [2.24, 2.45) is 0 Å². The summed E-state index contributed by atoms with van der Waals surface area (Å²) in [7, 11) is 1.62. The van der Waals surface area contributed by atoms with Crippen LogP contribution in [0.4, 0.5) is 11.4 Å². The number of methoxy groups -OCH3 is 1. The summed E-state index contributed by atoms with van der Waals surface area (Å²) in [6.45, 7) is 1.70. The molecule has 0 aliphatic carbocycles. The van der Waals surface area contributed by atoms with Crippen LogP contribution < -0.4 is 20.1 Å². The topological polar surface area (TPSA) is 68.8 Å². The smallest absolute Gasteiger partial charge is 0.243 e. The highest BCUT2D eigenvalue weighted by Gasteiger charge is 2.05. The van der Waals surface area contributed by atoms with E-state index < -0.39 is 0 Å². The molecule has 0 saturated heterocycles. The molecule has 3 aromatic rings. The van der Waals surface area contributed by atoms with Crippen molar-refractivity contribution in [1.82, 2.24) is 0 Å². The molecule has 31 heavy (non-hydrogen) atoms. The van der Waals surface area contributed by atoms with Gasteiger partial charge in [-0.05, 0) is 29.8 Å². The lowest BCUT2D eigenvalue weighted by Crippen LogP contribution is -2.21. The molecule has 162 valence electrons. The first-order valence-electron chi connectivity index (χ1n) is 10.3. The van der Waals surface area contributed by atoms with Gasteiger partial charge in [0.2, 0.25) is 5.91 Å². The third-order valence-electron chi connectivity index (χ3n) is 4.46. The predicted molar refractivity (Wildman–Crippen MR) is 123 cm³/mol. The molecular weight excluding hydrogens is 392 g/mol. The number of nitrogens with one attached hydrogen (secondary N) is 2. The van der Waals surface area contributed by atoms with Gasteiger partial charge in [-0.3, -0.25) is 4.79 Å². The number of amides is 1. The van der Waals surface area contributed by atoms with Crippen LogP contribution in [-0.2, 0) is 16.0 Å². The molecule has 0 spiro atoms. The molecule has 3 rings (SSSR count). The summed E-state index contributed by atoms with van der Waals surface area (Å²) in [5.41, 5.74) is 2.74. The van der Waals surface area contributed by atoms with Crippen molar-refractivity contribution in [2.45, 2.75) is 6.42 Å². The number of carbonyl (C=O) groups excluding carboxylic acids is 1. The summed E-state index contributed by atoms with van der Waals surface area (Å²) in [4.78, 5) is 12.3. The molecule has 3 aromatic carbocycles. The molecule has 6 nitrogen and oxygen atoms in total. The van der Waals surface area contributed by atoms with Crippen molar-refractivity contribution in [2.75, 3.05) is 44.1 Å². The van der Waals surface area contributed by atoms with Gasteiger partial charge in [-0.15, -0.1) is 0 Å². The average molecular weight is 421 g/mol. The summed E-state index contributed by atoms with van der Waals surface area (Å²) in [6.07, 6.45) is 0.842. The third kappa shape index (κ3) is 8.03. The van der Waals surface area contributed by atoms with Gasteiger partial charge < -0.3 is 24.8 Å². The van der Waals surface area contributed by atoms with Crippen molar-refractivity contribution in [3.8, 4) is 11.5 Å². The largest absolute Gasteiger partial charge is 0.493 e. The Morgan fingerprint density at radius 2 is 1.45 bits per heavy atom. The van der Waals surface area contributed by atoms with Gasteiger partial charge in [-0.1, -0.05) is 42.5 Å². The van der Waals surface area contributed by atoms with Crippen LogP contribution in [0.15, 0.2) is 78.9 Å². The van der Waals surface area contributed by atoms with E-state index >= 15 is 0 Å². The average Bonchev–Trinajstić information content (AvgIpc) is 2.79. The number of ether oxygens (including phenoxy) is 3. The fourth-order valence-electron chi connectivity index (χ4n) is 2.92. The minimum atomic E-state index is -0.149. The van der Waals surface area contributed by atoms with Crippen LogP contribution in [-0.4, -0.2) is 39.4 Å². The van der Waals surface area contributed by atoms with Crippen LogP contribution in [0.3, 0.4) is 0 Å². The normalized spacial score (nSPS) is 10.4. The number of hydrogen-bond acceptors (Lipinski definition) is 5. The molecule has 0 bridgehead atoms. The first-order valence-corrected chi connectivity index (χ1v) is 10.3. The number of hydrogen-bond donors (Lipinski definition) is 2. The Hall–Kier alpha value is -3.51. The van der Waals surface area contributed by atoms with Crippen molar-refractivity contribution >= 4 is 17.3 Å². The fraction of sp³-hybridized carbons (Fsp3) is 0.240. The zero-order chi connectivity index (χ0) is 21.7. The first-order chi connectivity index (χ1) is 15.2. The summed E-state index contributed by atoms with van der Waals surface area (Å²) in [6, 6.07) is 25.1. The van der Waals surface area contributed by atoms with E-state index in [-0.39, 0.29) is 12.5 Å². The van der Waals surface area contributed by atoms with E-state index in [1.54, 1.807) is 13.2 Å². The quantitative estimate of drug-likeness (QED) is 0.426. The second kappa shape index (κ2) is 12.2. The molecule has 0 heterocycles. The van der Waals surface area contributed by atoms with Gasteiger partial charge in [0.15, 0.2) is 0 Å². The van der Waals surface area contributed by atoms with E-state index in [9.17, 15) is 4.79 Å². The molecule has 0 fully saturated rings. The minimum Gasteiger partial charge on any atom is -0.493 e. The molecule has 2 N–H and O–H groups in total. The fourth-order valence-corrected chi connectivity index (χ4v) is 2.92. The second-order valence-corrected chi connectivity index (χ2v) is 6.88. The van der Waals surface area contributed by atoms with Crippen LogP contribution in [0.25, 0.3) is 0 Å². The van der Waals surface area contributed by atoms with Crippen molar-refractivity contribution in [1.29, 1.82) is 0 Å². The number of rotatable bonds is 12. The van der Waals surface area contributed by atoms with Crippen LogP contribution in [0.1, 0.15) is 5.56 Å². The van der Waals surface area contributed by atoms with Crippen LogP contribution >= 0.6 is 0 Å². The first kappa shape index (κ1) is 22.2. The van der Waals surface area contributed by atoms with E-state index in [2.05, 4.69) is 22.8 Å².